The van der Waals surface area contributed by atoms with Crippen molar-refractivity contribution >= 4 is 29.1 Å². The Balaban J connectivity index is 1.83. The maximum absolute atomic E-state index is 12.1. The van der Waals surface area contributed by atoms with Crippen molar-refractivity contribution in [3.05, 3.63) is 71.9 Å². The number of nitrogens with one attached hydrogen (secondary N) is 2. The average Bonchev–Trinajstić information content (AvgIpc) is 2.69. The van der Waals surface area contributed by atoms with Crippen molar-refractivity contribution in [3.63, 3.8) is 0 Å². The quantitative estimate of drug-likeness (QED) is 0.548. The summed E-state index contributed by atoms with van der Waals surface area (Å²) in [6.07, 6.45) is 1.67. The number of hydrogen-bond acceptors (Lipinski definition) is 6. The molecule has 0 unspecified atom stereocenters. The van der Waals surface area contributed by atoms with Gasteiger partial charge >= 0.3 is 5.97 Å². The number of rotatable bonds is 7. The Labute approximate surface area is 165 Å². The Hall–Kier alpha value is -3.41. The highest BCUT2D eigenvalue weighted by Gasteiger charge is 2.13. The molecular formula is C22H24N4O2. The Morgan fingerprint density at radius 3 is 2.46 bits per heavy atom. The summed E-state index contributed by atoms with van der Waals surface area (Å²) in [7, 11) is 0. The second kappa shape index (κ2) is 8.99. The molecule has 3 aromatic rings. The summed E-state index contributed by atoms with van der Waals surface area (Å²) in [5.41, 5.74) is 3.26. The van der Waals surface area contributed by atoms with Crippen molar-refractivity contribution < 1.29 is 9.53 Å². The van der Waals surface area contributed by atoms with Gasteiger partial charge in [0.15, 0.2) is 0 Å². The fourth-order valence-electron chi connectivity index (χ4n) is 2.84. The fourth-order valence-corrected chi connectivity index (χ4v) is 2.84. The predicted octanol–water partition coefficient (Wildman–Crippen LogP) is 5.26. The first-order valence-corrected chi connectivity index (χ1v) is 9.30. The van der Waals surface area contributed by atoms with Crippen LogP contribution in [0.4, 0.5) is 23.1 Å². The molecular weight excluding hydrogens is 352 g/mol. The van der Waals surface area contributed by atoms with Gasteiger partial charge in [0.25, 0.3) is 0 Å². The molecule has 0 atom stereocenters. The first-order valence-electron chi connectivity index (χ1n) is 9.30. The van der Waals surface area contributed by atoms with Crippen molar-refractivity contribution in [2.24, 2.45) is 0 Å². The smallest absolute Gasteiger partial charge is 0.340 e. The van der Waals surface area contributed by atoms with Crippen LogP contribution in [0.3, 0.4) is 0 Å². The summed E-state index contributed by atoms with van der Waals surface area (Å²) in [5, 5.41) is 6.47. The number of nitrogens with zero attached hydrogens (tertiary/aromatic N) is 2. The molecule has 0 saturated heterocycles. The lowest BCUT2D eigenvalue weighted by molar-refractivity contribution is 0.0527. The van der Waals surface area contributed by atoms with Crippen LogP contribution in [-0.2, 0) is 4.74 Å². The number of hydrogen-bond donors (Lipinski definition) is 2. The number of carbonyl (C=O) groups excluding carboxylic acids is 1. The molecule has 6 heteroatoms. The molecule has 1 aromatic heterocycles. The second-order valence-electron chi connectivity index (χ2n) is 6.52. The van der Waals surface area contributed by atoms with Gasteiger partial charge in [-0.3, -0.25) is 0 Å². The van der Waals surface area contributed by atoms with E-state index >= 15 is 0 Å². The zero-order valence-corrected chi connectivity index (χ0v) is 16.3. The Morgan fingerprint density at radius 2 is 1.71 bits per heavy atom. The molecule has 6 nitrogen and oxygen atoms in total. The highest BCUT2D eigenvalue weighted by molar-refractivity contribution is 5.96. The molecule has 28 heavy (non-hydrogen) atoms. The lowest BCUT2D eigenvalue weighted by Gasteiger charge is -2.15. The van der Waals surface area contributed by atoms with Crippen LogP contribution >= 0.6 is 0 Å². The van der Waals surface area contributed by atoms with Crippen LogP contribution in [0.5, 0.6) is 0 Å². The maximum atomic E-state index is 12.1. The SMILES string of the molecule is CCOC(=O)c1ccccc1Nc1nccc(Nc2ccccc2C(C)C)n1. The molecule has 2 N–H and O–H groups in total. The summed E-state index contributed by atoms with van der Waals surface area (Å²) in [6.45, 7) is 6.40. The van der Waals surface area contributed by atoms with Gasteiger partial charge in [-0.15, -0.1) is 0 Å². The van der Waals surface area contributed by atoms with Crippen LogP contribution in [0.2, 0.25) is 0 Å². The highest BCUT2D eigenvalue weighted by atomic mass is 16.5. The fraction of sp³-hybridized carbons (Fsp3) is 0.227. The third-order valence-electron chi connectivity index (χ3n) is 4.17. The lowest BCUT2D eigenvalue weighted by atomic mass is 10.0. The molecule has 0 saturated carbocycles. The summed E-state index contributed by atoms with van der Waals surface area (Å²) < 4.78 is 5.11. The molecule has 0 spiro atoms. The van der Waals surface area contributed by atoms with Crippen molar-refractivity contribution in [1.82, 2.24) is 9.97 Å². The number of esters is 1. The monoisotopic (exact) mass is 376 g/mol. The molecule has 0 aliphatic heterocycles. The molecule has 0 bridgehead atoms. The first kappa shape index (κ1) is 19.4. The van der Waals surface area contributed by atoms with Crippen molar-refractivity contribution in [3.8, 4) is 0 Å². The van der Waals surface area contributed by atoms with Crippen LogP contribution in [0.15, 0.2) is 60.8 Å². The van der Waals surface area contributed by atoms with Crippen LogP contribution in [0.1, 0.15) is 42.6 Å². The van der Waals surface area contributed by atoms with E-state index in [1.807, 2.05) is 24.3 Å². The van der Waals surface area contributed by atoms with Crippen LogP contribution in [-0.4, -0.2) is 22.5 Å². The van der Waals surface area contributed by atoms with Crippen LogP contribution < -0.4 is 10.6 Å². The van der Waals surface area contributed by atoms with E-state index in [2.05, 4.69) is 40.5 Å². The Kier molecular flexibility index (Phi) is 6.22. The number of carbonyl (C=O) groups is 1. The van der Waals surface area contributed by atoms with E-state index in [4.69, 9.17) is 4.74 Å². The van der Waals surface area contributed by atoms with Gasteiger partial charge in [-0.1, -0.05) is 44.2 Å². The molecule has 0 radical (unpaired) electrons. The van der Waals surface area contributed by atoms with Gasteiger partial charge < -0.3 is 15.4 Å². The molecule has 0 aliphatic carbocycles. The summed E-state index contributed by atoms with van der Waals surface area (Å²) >= 11 is 0. The van der Waals surface area contributed by atoms with E-state index in [-0.39, 0.29) is 5.97 Å². The highest BCUT2D eigenvalue weighted by Crippen LogP contribution is 2.27. The van der Waals surface area contributed by atoms with Gasteiger partial charge in [-0.25, -0.2) is 9.78 Å². The van der Waals surface area contributed by atoms with E-state index in [0.29, 0.717) is 35.5 Å². The minimum atomic E-state index is -0.384. The molecule has 0 amide bonds. The predicted molar refractivity (Wildman–Crippen MR) is 112 cm³/mol. The normalized spacial score (nSPS) is 10.6. The van der Waals surface area contributed by atoms with Gasteiger partial charge in [0, 0.05) is 11.9 Å². The number of anilines is 4. The third kappa shape index (κ3) is 4.65. The van der Waals surface area contributed by atoms with Crippen molar-refractivity contribution in [1.29, 1.82) is 0 Å². The summed E-state index contributed by atoms with van der Waals surface area (Å²) in [4.78, 5) is 20.9. The van der Waals surface area contributed by atoms with Crippen molar-refractivity contribution in [2.45, 2.75) is 26.7 Å². The van der Waals surface area contributed by atoms with E-state index in [0.717, 1.165) is 5.69 Å². The van der Waals surface area contributed by atoms with Gasteiger partial charge in [-0.05, 0) is 42.7 Å². The molecule has 0 aliphatic rings. The van der Waals surface area contributed by atoms with Crippen molar-refractivity contribution in [2.75, 3.05) is 17.2 Å². The second-order valence-corrected chi connectivity index (χ2v) is 6.52. The number of ether oxygens (including phenoxy) is 1. The van der Waals surface area contributed by atoms with Crippen LogP contribution in [0, 0.1) is 0 Å². The van der Waals surface area contributed by atoms with E-state index in [9.17, 15) is 4.79 Å². The first-order chi connectivity index (χ1) is 13.6. The molecule has 1 heterocycles. The third-order valence-corrected chi connectivity index (χ3v) is 4.17. The van der Waals surface area contributed by atoms with Gasteiger partial charge in [0.1, 0.15) is 5.82 Å². The van der Waals surface area contributed by atoms with Gasteiger partial charge in [-0.2, -0.15) is 4.98 Å². The van der Waals surface area contributed by atoms with Crippen LogP contribution in [0.25, 0.3) is 0 Å². The molecule has 144 valence electrons. The van der Waals surface area contributed by atoms with E-state index in [1.165, 1.54) is 5.56 Å². The Bertz CT molecular complexity index is 957. The molecule has 3 rings (SSSR count). The van der Waals surface area contributed by atoms with Gasteiger partial charge in [0.2, 0.25) is 5.95 Å². The summed E-state index contributed by atoms with van der Waals surface area (Å²) in [5.74, 6) is 1.06. The zero-order chi connectivity index (χ0) is 19.9. The minimum absolute atomic E-state index is 0.318. The number of aromatic nitrogens is 2. The van der Waals surface area contributed by atoms with E-state index in [1.54, 1.807) is 37.4 Å². The van der Waals surface area contributed by atoms with Gasteiger partial charge in [0.05, 0.1) is 17.9 Å². The standard InChI is InChI=1S/C22H24N4O2/c1-4-28-21(27)17-10-6-8-12-19(17)25-22-23-14-13-20(26-22)24-18-11-7-5-9-16(18)15(2)3/h5-15H,4H2,1-3H3,(H2,23,24,25,26). The Morgan fingerprint density at radius 1 is 1.00 bits per heavy atom. The minimum Gasteiger partial charge on any atom is -0.462 e. The molecule has 0 fully saturated rings. The molecule has 2 aromatic carbocycles. The van der Waals surface area contributed by atoms with E-state index < -0.39 is 0 Å². The maximum Gasteiger partial charge on any atom is 0.340 e. The lowest BCUT2D eigenvalue weighted by Crippen LogP contribution is -2.09. The largest absolute Gasteiger partial charge is 0.462 e. The zero-order valence-electron chi connectivity index (χ0n) is 16.3. The topological polar surface area (TPSA) is 76.1 Å². The average molecular weight is 376 g/mol. The summed E-state index contributed by atoms with van der Waals surface area (Å²) in [6, 6.07) is 17.1. The number of para-hydroxylation sites is 2. The number of benzene rings is 2.